The van der Waals surface area contributed by atoms with E-state index in [2.05, 4.69) is 26.7 Å². The van der Waals surface area contributed by atoms with Crippen molar-refractivity contribution in [1.29, 1.82) is 0 Å². The number of thiazole rings is 1. The number of aromatic amines is 1. The molecule has 1 aliphatic heterocycles. The van der Waals surface area contributed by atoms with Crippen molar-refractivity contribution in [3.05, 3.63) is 70.4 Å². The van der Waals surface area contributed by atoms with E-state index in [0.29, 0.717) is 28.7 Å². The van der Waals surface area contributed by atoms with Gasteiger partial charge in [-0.2, -0.15) is 0 Å². The Morgan fingerprint density at radius 1 is 1.14 bits per heavy atom. The van der Waals surface area contributed by atoms with Gasteiger partial charge in [-0.25, -0.2) is 4.98 Å². The molecular formula is C26H24N4O4S. The molecule has 178 valence electrons. The third-order valence-corrected chi connectivity index (χ3v) is 7.54. The van der Waals surface area contributed by atoms with E-state index in [0.717, 1.165) is 41.8 Å². The molecule has 0 bridgehead atoms. The Hall–Kier alpha value is -3.85. The van der Waals surface area contributed by atoms with Crippen molar-refractivity contribution >= 4 is 39.2 Å². The fourth-order valence-corrected chi connectivity index (χ4v) is 5.78. The number of ether oxygens (including phenoxy) is 2. The summed E-state index contributed by atoms with van der Waals surface area (Å²) in [5.41, 5.74) is 3.54. The number of para-hydroxylation sites is 1. The second-order valence-electron chi connectivity index (χ2n) is 8.69. The van der Waals surface area contributed by atoms with E-state index < -0.39 is 0 Å². The van der Waals surface area contributed by atoms with Crippen LogP contribution >= 0.6 is 11.3 Å². The zero-order chi connectivity index (χ0) is 23.8. The number of amides is 2. The van der Waals surface area contributed by atoms with E-state index in [9.17, 15) is 9.59 Å². The first-order chi connectivity index (χ1) is 17.2. The van der Waals surface area contributed by atoms with Crippen molar-refractivity contribution in [3.63, 3.8) is 0 Å². The Balaban J connectivity index is 1.11. The Labute approximate surface area is 205 Å². The van der Waals surface area contributed by atoms with Crippen LogP contribution in [0.4, 0.5) is 5.13 Å². The summed E-state index contributed by atoms with van der Waals surface area (Å²) < 4.78 is 10.7. The van der Waals surface area contributed by atoms with Crippen LogP contribution < -0.4 is 20.1 Å². The topological polar surface area (TPSA) is 105 Å². The van der Waals surface area contributed by atoms with E-state index in [1.54, 1.807) is 18.2 Å². The Morgan fingerprint density at radius 2 is 2.03 bits per heavy atom. The maximum atomic E-state index is 13.0. The van der Waals surface area contributed by atoms with Gasteiger partial charge in [0.05, 0.1) is 11.6 Å². The molecule has 1 aliphatic carbocycles. The number of benzene rings is 2. The molecule has 0 saturated heterocycles. The molecule has 0 fully saturated rings. The molecule has 3 heterocycles. The number of rotatable bonds is 6. The maximum absolute atomic E-state index is 13.0. The molecule has 2 aliphatic rings. The molecule has 8 nitrogen and oxygen atoms in total. The fourth-order valence-electron chi connectivity index (χ4n) is 4.72. The van der Waals surface area contributed by atoms with E-state index in [-0.39, 0.29) is 24.5 Å². The minimum absolute atomic E-state index is 0.00950. The number of fused-ring (bicyclic) bond motifs is 3. The standard InChI is InChI=1S/C26H24N4O4S/c31-24(15-8-9-20-21(12-15)34-14-33-20)30-26-29-23-18(5-3-7-22(23)35-26)25(32)27-11-10-16-13-28-19-6-2-1-4-17(16)19/h1-2,4,6,8-9,12-13,18,28H,3,5,7,10-11,14H2,(H,27,32)(H,29,30,31)/t18-/m0/s1. The molecule has 3 N–H and O–H groups in total. The van der Waals surface area contributed by atoms with Gasteiger partial charge in [0.2, 0.25) is 12.7 Å². The van der Waals surface area contributed by atoms with Crippen molar-refractivity contribution in [2.45, 2.75) is 31.6 Å². The molecule has 4 aromatic rings. The van der Waals surface area contributed by atoms with Gasteiger partial charge in [0, 0.05) is 34.1 Å². The highest BCUT2D eigenvalue weighted by molar-refractivity contribution is 7.16. The molecular weight excluding hydrogens is 464 g/mol. The van der Waals surface area contributed by atoms with Crippen molar-refractivity contribution in [3.8, 4) is 11.5 Å². The largest absolute Gasteiger partial charge is 0.454 e. The molecule has 2 aromatic heterocycles. The minimum Gasteiger partial charge on any atom is -0.454 e. The molecule has 0 saturated carbocycles. The summed E-state index contributed by atoms with van der Waals surface area (Å²) in [4.78, 5) is 34.8. The van der Waals surface area contributed by atoms with Gasteiger partial charge in [0.15, 0.2) is 16.6 Å². The normalized spacial score (nSPS) is 16.2. The molecule has 2 amide bonds. The monoisotopic (exact) mass is 488 g/mol. The second-order valence-corrected chi connectivity index (χ2v) is 9.78. The number of nitrogens with one attached hydrogen (secondary N) is 3. The zero-order valence-corrected chi connectivity index (χ0v) is 19.7. The third-order valence-electron chi connectivity index (χ3n) is 6.49. The van der Waals surface area contributed by atoms with E-state index in [1.807, 2.05) is 24.4 Å². The first-order valence-electron chi connectivity index (χ1n) is 11.7. The lowest BCUT2D eigenvalue weighted by Gasteiger charge is -2.20. The van der Waals surface area contributed by atoms with Crippen molar-refractivity contribution in [1.82, 2.24) is 15.3 Å². The molecule has 0 radical (unpaired) electrons. The molecule has 9 heteroatoms. The van der Waals surface area contributed by atoms with Crippen LogP contribution in [0.5, 0.6) is 11.5 Å². The highest BCUT2D eigenvalue weighted by Crippen LogP contribution is 2.37. The SMILES string of the molecule is O=C(Nc1nc2c(s1)CCC[C@@H]2C(=O)NCCc1c[nH]c2ccccc12)c1ccc2c(c1)OCO2. The van der Waals surface area contributed by atoms with Crippen LogP contribution in [0.15, 0.2) is 48.7 Å². The zero-order valence-electron chi connectivity index (χ0n) is 18.9. The van der Waals surface area contributed by atoms with Crippen LogP contribution in [0.25, 0.3) is 10.9 Å². The number of carbonyl (C=O) groups excluding carboxylic acids is 2. The summed E-state index contributed by atoms with van der Waals surface area (Å²) in [7, 11) is 0. The maximum Gasteiger partial charge on any atom is 0.257 e. The average Bonchev–Trinajstić information content (AvgIpc) is 3.61. The molecule has 35 heavy (non-hydrogen) atoms. The van der Waals surface area contributed by atoms with Crippen molar-refractivity contribution in [2.24, 2.45) is 0 Å². The van der Waals surface area contributed by atoms with Gasteiger partial charge in [0.1, 0.15) is 0 Å². The highest BCUT2D eigenvalue weighted by Gasteiger charge is 2.30. The summed E-state index contributed by atoms with van der Waals surface area (Å²) in [6.45, 7) is 0.717. The van der Waals surface area contributed by atoms with Crippen LogP contribution in [0, 0.1) is 0 Å². The number of hydrogen-bond acceptors (Lipinski definition) is 6. The van der Waals surface area contributed by atoms with Gasteiger partial charge < -0.3 is 19.8 Å². The smallest absolute Gasteiger partial charge is 0.257 e. The van der Waals surface area contributed by atoms with Crippen LogP contribution in [-0.4, -0.2) is 35.1 Å². The summed E-state index contributed by atoms with van der Waals surface area (Å²) in [5.74, 6) is 0.610. The van der Waals surface area contributed by atoms with Gasteiger partial charge in [-0.1, -0.05) is 18.2 Å². The van der Waals surface area contributed by atoms with Crippen molar-refractivity contribution < 1.29 is 19.1 Å². The Kier molecular flexibility index (Phi) is 5.61. The van der Waals surface area contributed by atoms with Gasteiger partial charge in [-0.05, 0) is 55.5 Å². The Morgan fingerprint density at radius 3 is 2.97 bits per heavy atom. The lowest BCUT2D eigenvalue weighted by molar-refractivity contribution is -0.122. The van der Waals surface area contributed by atoms with Gasteiger partial charge in [-0.3, -0.25) is 14.9 Å². The van der Waals surface area contributed by atoms with Crippen LogP contribution in [-0.2, 0) is 17.6 Å². The number of anilines is 1. The van der Waals surface area contributed by atoms with Crippen molar-refractivity contribution in [2.75, 3.05) is 18.7 Å². The fraction of sp³-hybridized carbons (Fsp3) is 0.269. The number of nitrogens with zero attached hydrogens (tertiary/aromatic N) is 1. The molecule has 6 rings (SSSR count). The number of aryl methyl sites for hydroxylation is 1. The summed E-state index contributed by atoms with van der Waals surface area (Å²) in [6, 6.07) is 13.2. The summed E-state index contributed by atoms with van der Waals surface area (Å²) in [5, 5.41) is 7.67. The molecule has 1 atom stereocenters. The number of aromatic nitrogens is 2. The second kappa shape index (κ2) is 9.07. The Bertz CT molecular complexity index is 1430. The molecule has 0 spiro atoms. The van der Waals surface area contributed by atoms with Gasteiger partial charge in [-0.15, -0.1) is 11.3 Å². The highest BCUT2D eigenvalue weighted by atomic mass is 32.1. The predicted molar refractivity (Wildman–Crippen MR) is 133 cm³/mol. The number of H-pyrrole nitrogens is 1. The van der Waals surface area contributed by atoms with E-state index in [1.165, 1.54) is 22.3 Å². The van der Waals surface area contributed by atoms with Gasteiger partial charge in [0.25, 0.3) is 5.91 Å². The first-order valence-corrected chi connectivity index (χ1v) is 12.5. The molecule has 2 aromatic carbocycles. The predicted octanol–water partition coefficient (Wildman–Crippen LogP) is 4.38. The summed E-state index contributed by atoms with van der Waals surface area (Å²) in [6.07, 6.45) is 5.30. The average molecular weight is 489 g/mol. The summed E-state index contributed by atoms with van der Waals surface area (Å²) >= 11 is 1.45. The lowest BCUT2D eigenvalue weighted by atomic mass is 9.90. The third kappa shape index (κ3) is 4.23. The van der Waals surface area contributed by atoms with Crippen LogP contribution in [0.2, 0.25) is 0 Å². The van der Waals surface area contributed by atoms with E-state index >= 15 is 0 Å². The van der Waals surface area contributed by atoms with Crippen LogP contribution in [0.3, 0.4) is 0 Å². The number of hydrogen-bond donors (Lipinski definition) is 3. The minimum atomic E-state index is -0.297. The number of carbonyl (C=O) groups is 2. The lowest BCUT2D eigenvalue weighted by Crippen LogP contribution is -2.32. The quantitative estimate of drug-likeness (QED) is 0.373. The van der Waals surface area contributed by atoms with Crippen LogP contribution in [0.1, 0.15) is 45.3 Å². The first kappa shape index (κ1) is 21.7. The van der Waals surface area contributed by atoms with Gasteiger partial charge >= 0.3 is 0 Å². The van der Waals surface area contributed by atoms with E-state index in [4.69, 9.17) is 9.47 Å². The molecule has 0 unspecified atom stereocenters.